The zero-order valence-electron chi connectivity index (χ0n) is 13.8. The first-order valence-corrected chi connectivity index (χ1v) is 7.70. The number of anilines is 1. The number of benzene rings is 2. The van der Waals surface area contributed by atoms with E-state index in [1.165, 1.54) is 36.4 Å². The fourth-order valence-corrected chi connectivity index (χ4v) is 2.57. The van der Waals surface area contributed by atoms with Crippen molar-refractivity contribution in [1.82, 2.24) is 25.8 Å². The second-order valence-corrected chi connectivity index (χ2v) is 5.53. The van der Waals surface area contributed by atoms with E-state index in [1.807, 2.05) is 6.07 Å². The maximum Gasteiger partial charge on any atom is 0.278 e. The van der Waals surface area contributed by atoms with Crippen LogP contribution in [0.15, 0.2) is 40.9 Å². The van der Waals surface area contributed by atoms with Gasteiger partial charge < -0.3 is 9.84 Å². The van der Waals surface area contributed by atoms with Crippen LogP contribution in [-0.2, 0) is 0 Å². The van der Waals surface area contributed by atoms with Crippen LogP contribution in [0.25, 0.3) is 22.4 Å². The molecule has 0 saturated carbocycles. The molecular weight excluding hydrogens is 368 g/mol. The maximum absolute atomic E-state index is 12.7. The summed E-state index contributed by atoms with van der Waals surface area (Å²) in [6.45, 7) is 0. The molecule has 28 heavy (non-hydrogen) atoms. The Balaban J connectivity index is 1.74. The number of amides is 1. The Bertz CT molecular complexity index is 1260. The molecule has 4 rings (SSSR count). The number of hydrogen-bond acceptors (Lipinski definition) is 9. The van der Waals surface area contributed by atoms with Crippen LogP contribution in [0.4, 0.5) is 11.4 Å². The van der Waals surface area contributed by atoms with Gasteiger partial charge in [-0.3, -0.25) is 14.9 Å². The molecule has 0 atom stereocenters. The lowest BCUT2D eigenvalue weighted by molar-refractivity contribution is -0.384. The lowest BCUT2D eigenvalue weighted by Gasteiger charge is -2.08. The summed E-state index contributed by atoms with van der Waals surface area (Å²) in [6, 6.07) is 10.3. The van der Waals surface area contributed by atoms with Gasteiger partial charge in [-0.25, -0.2) is 0 Å². The summed E-state index contributed by atoms with van der Waals surface area (Å²) in [6.07, 6.45) is 0. The van der Waals surface area contributed by atoms with Crippen LogP contribution in [0, 0.1) is 21.4 Å². The molecular formula is C16H8N8O4. The SMILES string of the molecule is N#Cc1ccc(NC(=O)c2noc3ccc([N+](=O)[O-])cc23)c(-c2nn[nH]n2)c1. The van der Waals surface area contributed by atoms with E-state index in [-0.39, 0.29) is 28.2 Å². The van der Waals surface area contributed by atoms with Gasteiger partial charge >= 0.3 is 0 Å². The van der Waals surface area contributed by atoms with Crippen molar-refractivity contribution in [2.45, 2.75) is 0 Å². The number of nitrogens with zero attached hydrogens (tertiary/aromatic N) is 6. The van der Waals surface area contributed by atoms with Crippen molar-refractivity contribution < 1.29 is 14.2 Å². The van der Waals surface area contributed by atoms with Gasteiger partial charge in [0.2, 0.25) is 5.82 Å². The van der Waals surface area contributed by atoms with Crippen LogP contribution in [0.5, 0.6) is 0 Å². The second-order valence-electron chi connectivity index (χ2n) is 5.53. The number of carbonyl (C=O) groups is 1. The quantitative estimate of drug-likeness (QED) is 0.398. The van der Waals surface area contributed by atoms with Crippen LogP contribution < -0.4 is 5.32 Å². The number of nitro groups is 1. The van der Waals surface area contributed by atoms with Crippen LogP contribution in [-0.4, -0.2) is 36.6 Å². The van der Waals surface area contributed by atoms with Gasteiger partial charge in [-0.2, -0.15) is 10.5 Å². The Morgan fingerprint density at radius 1 is 1.29 bits per heavy atom. The average Bonchev–Trinajstić information content (AvgIpc) is 3.37. The van der Waals surface area contributed by atoms with Gasteiger partial charge in [0.1, 0.15) is 0 Å². The molecule has 0 aliphatic heterocycles. The summed E-state index contributed by atoms with van der Waals surface area (Å²) < 4.78 is 5.07. The predicted molar refractivity (Wildman–Crippen MR) is 92.9 cm³/mol. The average molecular weight is 376 g/mol. The van der Waals surface area contributed by atoms with E-state index in [0.717, 1.165) is 0 Å². The smallest absolute Gasteiger partial charge is 0.278 e. The van der Waals surface area contributed by atoms with E-state index in [2.05, 4.69) is 31.1 Å². The highest BCUT2D eigenvalue weighted by Crippen LogP contribution is 2.28. The van der Waals surface area contributed by atoms with Crippen molar-refractivity contribution in [3.05, 3.63) is 57.8 Å². The number of non-ortho nitro benzene ring substituents is 1. The molecule has 4 aromatic rings. The molecule has 12 heteroatoms. The van der Waals surface area contributed by atoms with Gasteiger partial charge in [0.05, 0.1) is 27.6 Å². The molecule has 0 spiro atoms. The van der Waals surface area contributed by atoms with E-state index < -0.39 is 10.8 Å². The van der Waals surface area contributed by atoms with Crippen molar-refractivity contribution >= 4 is 28.3 Å². The van der Waals surface area contributed by atoms with Gasteiger partial charge in [0.25, 0.3) is 11.6 Å². The van der Waals surface area contributed by atoms with Crippen molar-refractivity contribution in [1.29, 1.82) is 5.26 Å². The summed E-state index contributed by atoms with van der Waals surface area (Å²) in [5.41, 5.74) is 0.902. The summed E-state index contributed by atoms with van der Waals surface area (Å²) >= 11 is 0. The van der Waals surface area contributed by atoms with Crippen molar-refractivity contribution in [3.8, 4) is 17.5 Å². The summed E-state index contributed by atoms with van der Waals surface area (Å²) in [7, 11) is 0. The number of carbonyl (C=O) groups excluding carboxylic acids is 1. The first kappa shape index (κ1) is 16.8. The van der Waals surface area contributed by atoms with E-state index in [9.17, 15) is 14.9 Å². The van der Waals surface area contributed by atoms with Crippen LogP contribution in [0.3, 0.4) is 0 Å². The summed E-state index contributed by atoms with van der Waals surface area (Å²) in [5.74, 6) is -0.484. The fraction of sp³-hybridized carbons (Fsp3) is 0. The molecule has 0 saturated heterocycles. The minimum Gasteiger partial charge on any atom is -0.355 e. The minimum atomic E-state index is -0.659. The molecule has 0 fully saturated rings. The van der Waals surface area contributed by atoms with Gasteiger partial charge in [-0.1, -0.05) is 5.16 Å². The third-order valence-electron chi connectivity index (χ3n) is 3.86. The second kappa shape index (κ2) is 6.57. The van der Waals surface area contributed by atoms with Gasteiger partial charge in [0.15, 0.2) is 11.3 Å². The number of aromatic nitrogens is 5. The molecule has 1 amide bonds. The first-order chi connectivity index (χ1) is 13.6. The molecule has 2 aromatic carbocycles. The van der Waals surface area contributed by atoms with Crippen molar-refractivity contribution in [2.75, 3.05) is 5.32 Å². The third kappa shape index (κ3) is 2.88. The normalized spacial score (nSPS) is 10.5. The zero-order valence-corrected chi connectivity index (χ0v) is 13.8. The van der Waals surface area contributed by atoms with Crippen LogP contribution >= 0.6 is 0 Å². The Kier molecular flexibility index (Phi) is 3.94. The molecule has 0 unspecified atom stereocenters. The van der Waals surface area contributed by atoms with Crippen LogP contribution in [0.1, 0.15) is 16.1 Å². The Morgan fingerprint density at radius 2 is 2.14 bits per heavy atom. The number of fused-ring (bicyclic) bond motifs is 1. The zero-order chi connectivity index (χ0) is 19.7. The summed E-state index contributed by atoms with van der Waals surface area (Å²) in [5, 5.41) is 40.1. The molecule has 2 N–H and O–H groups in total. The van der Waals surface area contributed by atoms with Crippen molar-refractivity contribution in [3.63, 3.8) is 0 Å². The van der Waals surface area contributed by atoms with E-state index in [1.54, 1.807) is 0 Å². The first-order valence-electron chi connectivity index (χ1n) is 7.70. The molecule has 12 nitrogen and oxygen atoms in total. The largest absolute Gasteiger partial charge is 0.355 e. The molecule has 0 aliphatic rings. The molecule has 0 bridgehead atoms. The third-order valence-corrected chi connectivity index (χ3v) is 3.86. The Morgan fingerprint density at radius 3 is 2.86 bits per heavy atom. The monoisotopic (exact) mass is 376 g/mol. The molecule has 136 valence electrons. The molecule has 2 aromatic heterocycles. The predicted octanol–water partition coefficient (Wildman–Crippen LogP) is 2.04. The lowest BCUT2D eigenvalue weighted by Crippen LogP contribution is -2.13. The number of nitro benzene ring substituents is 1. The number of H-pyrrole nitrogens is 1. The van der Waals surface area contributed by atoms with Gasteiger partial charge in [0, 0.05) is 17.7 Å². The topological polar surface area (TPSA) is 177 Å². The van der Waals surface area contributed by atoms with E-state index in [4.69, 9.17) is 9.78 Å². The van der Waals surface area contributed by atoms with Gasteiger partial charge in [-0.05, 0) is 29.5 Å². The van der Waals surface area contributed by atoms with E-state index in [0.29, 0.717) is 16.8 Å². The number of aromatic amines is 1. The van der Waals surface area contributed by atoms with Gasteiger partial charge in [-0.15, -0.1) is 10.2 Å². The number of tetrazole rings is 1. The van der Waals surface area contributed by atoms with Crippen molar-refractivity contribution in [2.24, 2.45) is 0 Å². The minimum absolute atomic E-state index is 0.123. The fourth-order valence-electron chi connectivity index (χ4n) is 2.57. The highest BCUT2D eigenvalue weighted by Gasteiger charge is 2.21. The summed E-state index contributed by atoms with van der Waals surface area (Å²) in [4.78, 5) is 23.1. The molecule has 2 heterocycles. The Labute approximate surface area is 154 Å². The Hall–Kier alpha value is -4.66. The van der Waals surface area contributed by atoms with E-state index >= 15 is 0 Å². The number of rotatable bonds is 4. The number of nitriles is 1. The van der Waals surface area contributed by atoms with Crippen LogP contribution in [0.2, 0.25) is 0 Å². The standard InChI is InChI=1S/C16H8N8O4/c17-7-8-1-3-12(10(5-8)15-19-22-23-20-15)18-16(25)14-11-6-9(24(26)27)2-4-13(11)28-21-14/h1-6H,(H,18,25)(H,19,20,22,23). The highest BCUT2D eigenvalue weighted by molar-refractivity contribution is 6.12. The molecule has 0 aliphatic carbocycles. The molecule has 0 radical (unpaired) electrons. The number of nitrogens with one attached hydrogen (secondary N) is 2. The maximum atomic E-state index is 12.7. The highest BCUT2D eigenvalue weighted by atomic mass is 16.6. The lowest BCUT2D eigenvalue weighted by atomic mass is 10.1. The number of hydrogen-bond donors (Lipinski definition) is 2.